The van der Waals surface area contributed by atoms with Crippen LogP contribution in [0, 0.1) is 13.8 Å². The largest absolute Gasteiger partial charge is 0.504 e. The summed E-state index contributed by atoms with van der Waals surface area (Å²) in [4.78, 5) is 0. The van der Waals surface area contributed by atoms with Crippen molar-refractivity contribution in [2.75, 3.05) is 0 Å². The van der Waals surface area contributed by atoms with Gasteiger partial charge in [0.1, 0.15) is 11.5 Å². The fourth-order valence-electron chi connectivity index (χ4n) is 3.59. The summed E-state index contributed by atoms with van der Waals surface area (Å²) in [6.07, 6.45) is 0. The summed E-state index contributed by atoms with van der Waals surface area (Å²) >= 11 is 0. The summed E-state index contributed by atoms with van der Waals surface area (Å²) in [6.45, 7) is 3.81. The van der Waals surface area contributed by atoms with Crippen molar-refractivity contribution < 1.29 is 19.7 Å². The van der Waals surface area contributed by atoms with Crippen molar-refractivity contribution in [3.63, 3.8) is 0 Å². The molecule has 6 aromatic rings. The first-order valence-electron chi connectivity index (χ1n) is 12.1. The summed E-state index contributed by atoms with van der Waals surface area (Å²) in [5, 5.41) is 47.0. The third-order valence-electron chi connectivity index (χ3n) is 5.60. The molecule has 4 N–H and O–H groups in total. The molecule has 40 heavy (non-hydrogen) atoms. The van der Waals surface area contributed by atoms with Crippen LogP contribution >= 0.6 is 0 Å². The smallest absolute Gasteiger partial charge is 0.204 e. The molecule has 12 heteroatoms. The summed E-state index contributed by atoms with van der Waals surface area (Å²) in [5.74, 6) is 3.36. The first-order chi connectivity index (χ1) is 19.4. The number of hydrogen-bond donors (Lipinski definition) is 4. The van der Waals surface area contributed by atoms with Crippen molar-refractivity contribution in [3.8, 4) is 57.3 Å². The molecule has 0 amide bonds. The first kappa shape index (κ1) is 25.9. The van der Waals surface area contributed by atoms with Crippen LogP contribution in [0.4, 0.5) is 0 Å². The Labute approximate surface area is 228 Å². The van der Waals surface area contributed by atoms with E-state index < -0.39 is 0 Å². The summed E-state index contributed by atoms with van der Waals surface area (Å²) in [7, 11) is 0. The number of aromatic nitrogens is 8. The highest BCUT2D eigenvalue weighted by Gasteiger charge is 2.07. The molecule has 0 spiro atoms. The number of aromatic hydroxyl groups is 2. The molecular weight excluding hydrogens is 512 g/mol. The average Bonchev–Trinajstić information content (AvgIpc) is 3.69. The van der Waals surface area contributed by atoms with Crippen molar-refractivity contribution >= 4 is 0 Å². The van der Waals surface area contributed by atoms with Gasteiger partial charge in [0.05, 0.1) is 0 Å². The van der Waals surface area contributed by atoms with Crippen molar-refractivity contribution in [3.05, 3.63) is 96.1 Å². The lowest BCUT2D eigenvalue weighted by Gasteiger charge is -2.08. The molecule has 2 heterocycles. The Morgan fingerprint density at radius 3 is 1.27 bits per heavy atom. The van der Waals surface area contributed by atoms with Gasteiger partial charge >= 0.3 is 0 Å². The molecule has 0 aliphatic carbocycles. The maximum atomic E-state index is 9.80. The number of hydrogen-bond acceptors (Lipinski definition) is 10. The van der Waals surface area contributed by atoms with Crippen LogP contribution in [-0.4, -0.2) is 51.5 Å². The lowest BCUT2D eigenvalue weighted by Crippen LogP contribution is -1.86. The van der Waals surface area contributed by atoms with Gasteiger partial charge in [-0.1, -0.05) is 12.1 Å². The monoisotopic (exact) mass is 536 g/mol. The van der Waals surface area contributed by atoms with Gasteiger partial charge in [-0.2, -0.15) is 10.4 Å². The van der Waals surface area contributed by atoms with Crippen LogP contribution in [0.1, 0.15) is 11.1 Å². The standard InChI is InChI=1S/2C14H12N4O2/c2*1-9-2-7-13(12(19)8-9)20-11-5-3-10(4-6-11)14-15-17-18-16-14/h2*2-8,19H,1H3,(H,15,16,17,18). The molecule has 0 fully saturated rings. The summed E-state index contributed by atoms with van der Waals surface area (Å²) in [6, 6.07) is 25.0. The van der Waals surface area contributed by atoms with Crippen molar-refractivity contribution in [1.82, 2.24) is 41.2 Å². The number of benzene rings is 4. The second-order valence-electron chi connectivity index (χ2n) is 8.67. The third-order valence-corrected chi connectivity index (χ3v) is 5.60. The predicted octanol–water partition coefficient (Wildman–Crippen LogP) is 5.35. The Morgan fingerprint density at radius 2 is 0.950 bits per heavy atom. The van der Waals surface area contributed by atoms with Crippen LogP contribution in [0.15, 0.2) is 84.9 Å². The molecule has 0 aliphatic heterocycles. The lowest BCUT2D eigenvalue weighted by atomic mass is 10.2. The number of aryl methyl sites for hydroxylation is 2. The molecule has 0 aliphatic rings. The number of nitrogens with zero attached hydrogens (tertiary/aromatic N) is 6. The zero-order valence-electron chi connectivity index (χ0n) is 21.5. The van der Waals surface area contributed by atoms with E-state index in [1.54, 1.807) is 48.5 Å². The van der Waals surface area contributed by atoms with Crippen LogP contribution in [-0.2, 0) is 0 Å². The van der Waals surface area contributed by atoms with E-state index in [1.807, 2.05) is 50.2 Å². The highest BCUT2D eigenvalue weighted by atomic mass is 16.5. The van der Waals surface area contributed by atoms with E-state index in [4.69, 9.17) is 9.47 Å². The Morgan fingerprint density at radius 1 is 0.550 bits per heavy atom. The van der Waals surface area contributed by atoms with E-state index in [9.17, 15) is 10.2 Å². The quantitative estimate of drug-likeness (QED) is 0.218. The molecule has 0 atom stereocenters. The molecule has 2 aromatic heterocycles. The minimum absolute atomic E-state index is 0.118. The minimum atomic E-state index is 0.118. The highest BCUT2D eigenvalue weighted by molar-refractivity contribution is 5.56. The number of rotatable bonds is 6. The van der Waals surface area contributed by atoms with E-state index in [0.29, 0.717) is 34.6 Å². The molecule has 0 unspecified atom stereocenters. The van der Waals surface area contributed by atoms with Gasteiger partial charge in [-0.15, -0.1) is 20.4 Å². The van der Waals surface area contributed by atoms with Gasteiger partial charge in [0.2, 0.25) is 11.6 Å². The van der Waals surface area contributed by atoms with E-state index in [1.165, 1.54) is 0 Å². The van der Waals surface area contributed by atoms with Gasteiger partial charge < -0.3 is 19.7 Å². The van der Waals surface area contributed by atoms with Crippen molar-refractivity contribution in [2.45, 2.75) is 13.8 Å². The van der Waals surface area contributed by atoms with E-state index in [2.05, 4.69) is 41.2 Å². The fraction of sp³-hybridized carbons (Fsp3) is 0.0714. The summed E-state index contributed by atoms with van der Waals surface area (Å²) in [5.41, 5.74) is 3.61. The van der Waals surface area contributed by atoms with Gasteiger partial charge in [0.15, 0.2) is 23.0 Å². The molecule has 0 bridgehead atoms. The molecule has 6 rings (SSSR count). The second kappa shape index (κ2) is 11.7. The number of H-pyrrole nitrogens is 2. The lowest BCUT2D eigenvalue weighted by molar-refractivity contribution is 0.411. The minimum Gasteiger partial charge on any atom is -0.504 e. The number of tetrazole rings is 2. The Bertz CT molecular complexity index is 1540. The van der Waals surface area contributed by atoms with Gasteiger partial charge in [0, 0.05) is 11.1 Å². The molecule has 4 aromatic carbocycles. The van der Waals surface area contributed by atoms with Crippen molar-refractivity contribution in [1.29, 1.82) is 0 Å². The van der Waals surface area contributed by atoms with Crippen LogP contribution in [0.2, 0.25) is 0 Å². The normalized spacial score (nSPS) is 10.4. The summed E-state index contributed by atoms with van der Waals surface area (Å²) < 4.78 is 11.2. The van der Waals surface area contributed by atoms with Crippen LogP contribution in [0.5, 0.6) is 34.5 Å². The average molecular weight is 537 g/mol. The van der Waals surface area contributed by atoms with Gasteiger partial charge in [-0.25, -0.2) is 0 Å². The maximum absolute atomic E-state index is 9.80. The van der Waals surface area contributed by atoms with E-state index in [0.717, 1.165) is 22.3 Å². The van der Waals surface area contributed by atoms with Crippen molar-refractivity contribution in [2.24, 2.45) is 0 Å². The highest BCUT2D eigenvalue weighted by Crippen LogP contribution is 2.33. The predicted molar refractivity (Wildman–Crippen MR) is 145 cm³/mol. The van der Waals surface area contributed by atoms with Crippen LogP contribution < -0.4 is 9.47 Å². The van der Waals surface area contributed by atoms with E-state index >= 15 is 0 Å². The van der Waals surface area contributed by atoms with Crippen LogP contribution in [0.3, 0.4) is 0 Å². The van der Waals surface area contributed by atoms with Gasteiger partial charge in [0.25, 0.3) is 0 Å². The zero-order chi connectivity index (χ0) is 27.9. The maximum Gasteiger partial charge on any atom is 0.204 e. The number of phenolic OH excluding ortho intramolecular Hbond substituents is 2. The zero-order valence-corrected chi connectivity index (χ0v) is 21.5. The fourth-order valence-corrected chi connectivity index (χ4v) is 3.59. The van der Waals surface area contributed by atoms with Gasteiger partial charge in [-0.05, 0) is 108 Å². The van der Waals surface area contributed by atoms with Crippen LogP contribution in [0.25, 0.3) is 22.8 Å². The molecule has 12 nitrogen and oxygen atoms in total. The second-order valence-corrected chi connectivity index (χ2v) is 8.67. The Hall–Kier alpha value is -5.78. The first-order valence-corrected chi connectivity index (χ1v) is 12.1. The number of nitrogens with one attached hydrogen (secondary N) is 2. The molecule has 0 saturated heterocycles. The third kappa shape index (κ3) is 6.37. The number of phenols is 2. The molecule has 200 valence electrons. The number of aromatic amines is 2. The molecular formula is C28H24N8O4. The Balaban J connectivity index is 0.000000161. The SMILES string of the molecule is Cc1ccc(Oc2ccc(-c3nn[nH]n3)cc2)c(O)c1.Cc1ccc(Oc2ccc(-c3nn[nH]n3)cc2)c(O)c1. The molecule has 0 saturated carbocycles. The number of ether oxygens (including phenoxy) is 2. The topological polar surface area (TPSA) is 168 Å². The van der Waals surface area contributed by atoms with E-state index in [-0.39, 0.29) is 11.5 Å². The van der Waals surface area contributed by atoms with Gasteiger partial charge in [-0.3, -0.25) is 0 Å². The molecule has 0 radical (unpaired) electrons. The Kier molecular flexibility index (Phi) is 7.58.